The molecular weight excluding hydrogens is 599 g/mol. The van der Waals surface area contributed by atoms with Gasteiger partial charge in [0.1, 0.15) is 17.9 Å². The van der Waals surface area contributed by atoms with Crippen molar-refractivity contribution >= 4 is 40.1 Å². The fraction of sp³-hybridized carbons (Fsp3) is 0.444. The maximum Gasteiger partial charge on any atom is 0.245 e. The monoisotopic (exact) mass is 642 g/mol. The summed E-state index contributed by atoms with van der Waals surface area (Å²) in [7, 11) is 2.03. The third-order valence-corrected chi connectivity index (χ3v) is 9.95. The summed E-state index contributed by atoms with van der Waals surface area (Å²) in [5, 5.41) is 7.09. The number of primary amides is 1. The van der Waals surface area contributed by atoms with Gasteiger partial charge in [0.25, 0.3) is 0 Å². The molecule has 1 aliphatic carbocycles. The van der Waals surface area contributed by atoms with Crippen molar-refractivity contribution in [3.63, 3.8) is 0 Å². The zero-order valence-corrected chi connectivity index (χ0v) is 27.1. The molecule has 1 aromatic heterocycles. The Morgan fingerprint density at radius 3 is 2.55 bits per heavy atom. The summed E-state index contributed by atoms with van der Waals surface area (Å²) in [6.07, 6.45) is 6.31. The minimum absolute atomic E-state index is 0.120. The van der Waals surface area contributed by atoms with Crippen molar-refractivity contribution in [3.05, 3.63) is 77.2 Å². The van der Waals surface area contributed by atoms with Crippen LogP contribution in [-0.2, 0) is 32.0 Å². The Hall–Kier alpha value is -4.51. The van der Waals surface area contributed by atoms with E-state index < -0.39 is 41.6 Å². The number of piperidine rings is 1. The molecule has 0 bridgehead atoms. The molecule has 5 N–H and O–H groups in total. The highest BCUT2D eigenvalue weighted by molar-refractivity contribution is 6.00. The third kappa shape index (κ3) is 6.67. The number of aromatic amines is 1. The van der Waals surface area contributed by atoms with Gasteiger partial charge in [-0.05, 0) is 72.7 Å². The SMILES string of the molecule is CC(C)[C@H](NC(=O)[C@@H]1C=C2c3cccc4[nH]cc(c34)C[C@H]2N(C)C1)C(=O)N[C@@H](Cc1ccc(F)cc1)C(=O)N1CCCC(C(N)=O)C1. The molecule has 3 aromatic rings. The fourth-order valence-corrected chi connectivity index (χ4v) is 7.36. The highest BCUT2D eigenvalue weighted by Gasteiger charge is 2.38. The first-order valence-corrected chi connectivity index (χ1v) is 16.4. The lowest BCUT2D eigenvalue weighted by Gasteiger charge is -2.40. The lowest BCUT2D eigenvalue weighted by molar-refractivity contribution is -0.140. The second kappa shape index (κ2) is 13.3. The molecule has 10 nitrogen and oxygen atoms in total. The second-order valence-corrected chi connectivity index (χ2v) is 13.6. The number of halogens is 1. The zero-order valence-electron chi connectivity index (χ0n) is 27.1. The van der Waals surface area contributed by atoms with Crippen LogP contribution in [0.5, 0.6) is 0 Å². The van der Waals surface area contributed by atoms with Crippen molar-refractivity contribution in [3.8, 4) is 0 Å². The first kappa shape index (κ1) is 32.4. The number of fused-ring (bicyclic) bond motifs is 2. The van der Waals surface area contributed by atoms with Crippen LogP contribution in [0.25, 0.3) is 16.5 Å². The van der Waals surface area contributed by atoms with Gasteiger partial charge in [0.05, 0.1) is 11.8 Å². The highest BCUT2D eigenvalue weighted by Crippen LogP contribution is 2.40. The number of likely N-dealkylation sites (N-methyl/N-ethyl adjacent to an activating group) is 1. The first-order valence-electron chi connectivity index (χ1n) is 16.4. The van der Waals surface area contributed by atoms with Crippen LogP contribution in [0.15, 0.2) is 54.7 Å². The smallest absolute Gasteiger partial charge is 0.245 e. The summed E-state index contributed by atoms with van der Waals surface area (Å²) in [4.78, 5) is 60.6. The standard InChI is InChI=1S/C36H43FN6O4/c1-20(2)32(41-34(45)24-15-27-26-7-4-8-28-31(26)23(17-39-28)16-30(27)42(3)18-24)35(46)40-29(14-21-9-11-25(37)12-10-21)36(47)43-13-5-6-22(19-43)33(38)44/h4,7-12,15,17,20,22,24,29-30,32,39H,5-6,13-14,16,18-19H2,1-3H3,(H2,38,44)(H,40,46)(H,41,45)/t22?,24-,29+,30-,32+/m1/s1. The molecule has 248 valence electrons. The lowest BCUT2D eigenvalue weighted by atomic mass is 9.79. The topological polar surface area (TPSA) is 141 Å². The number of hydrogen-bond donors (Lipinski definition) is 4. The molecule has 3 aliphatic rings. The fourth-order valence-electron chi connectivity index (χ4n) is 7.36. The zero-order chi connectivity index (χ0) is 33.4. The number of nitrogens with one attached hydrogen (secondary N) is 3. The predicted molar refractivity (Wildman–Crippen MR) is 177 cm³/mol. The molecule has 2 aliphatic heterocycles. The molecule has 1 unspecified atom stereocenters. The molecule has 0 radical (unpaired) electrons. The van der Waals surface area contributed by atoms with Crippen LogP contribution in [0.4, 0.5) is 4.39 Å². The molecule has 11 heteroatoms. The van der Waals surface area contributed by atoms with Crippen LogP contribution in [0.1, 0.15) is 43.4 Å². The molecule has 0 saturated carbocycles. The van der Waals surface area contributed by atoms with Gasteiger partial charge in [-0.1, -0.05) is 44.2 Å². The van der Waals surface area contributed by atoms with E-state index in [9.17, 15) is 23.6 Å². The van der Waals surface area contributed by atoms with Crippen LogP contribution in [0, 0.1) is 23.6 Å². The van der Waals surface area contributed by atoms with Gasteiger partial charge in [0.2, 0.25) is 23.6 Å². The minimum Gasteiger partial charge on any atom is -0.369 e. The Morgan fingerprint density at radius 1 is 1.06 bits per heavy atom. The van der Waals surface area contributed by atoms with E-state index in [1.54, 1.807) is 17.0 Å². The number of likely N-dealkylation sites (tertiary alicyclic amines) is 1. The molecule has 5 atom stereocenters. The Labute approximate surface area is 273 Å². The summed E-state index contributed by atoms with van der Waals surface area (Å²) in [5.41, 5.74) is 10.8. The van der Waals surface area contributed by atoms with Crippen LogP contribution < -0.4 is 16.4 Å². The molecule has 4 amide bonds. The molecule has 0 spiro atoms. The van der Waals surface area contributed by atoms with E-state index in [1.165, 1.54) is 23.1 Å². The summed E-state index contributed by atoms with van der Waals surface area (Å²) in [6, 6.07) is 10.2. The van der Waals surface area contributed by atoms with Crippen molar-refractivity contribution in [2.45, 2.75) is 57.7 Å². The number of amides is 4. The largest absolute Gasteiger partial charge is 0.369 e. The van der Waals surface area contributed by atoms with E-state index in [0.717, 1.165) is 23.1 Å². The van der Waals surface area contributed by atoms with Gasteiger partial charge in [0, 0.05) is 49.2 Å². The van der Waals surface area contributed by atoms with Gasteiger partial charge in [0.15, 0.2) is 0 Å². The second-order valence-electron chi connectivity index (χ2n) is 13.6. The van der Waals surface area contributed by atoms with Crippen LogP contribution >= 0.6 is 0 Å². The van der Waals surface area contributed by atoms with Crippen LogP contribution in [-0.4, -0.2) is 83.2 Å². The van der Waals surface area contributed by atoms with Gasteiger partial charge >= 0.3 is 0 Å². The Balaban J connectivity index is 1.21. The number of benzene rings is 2. The minimum atomic E-state index is -0.986. The summed E-state index contributed by atoms with van der Waals surface area (Å²) in [5.74, 6) is -3.16. The lowest BCUT2D eigenvalue weighted by Crippen LogP contribution is -2.58. The van der Waals surface area contributed by atoms with E-state index in [0.29, 0.717) is 31.5 Å². The molecule has 47 heavy (non-hydrogen) atoms. The van der Waals surface area contributed by atoms with Crippen molar-refractivity contribution < 1.29 is 23.6 Å². The number of rotatable bonds is 9. The van der Waals surface area contributed by atoms with Gasteiger partial charge in [-0.2, -0.15) is 0 Å². The summed E-state index contributed by atoms with van der Waals surface area (Å²) < 4.78 is 13.7. The van der Waals surface area contributed by atoms with E-state index in [4.69, 9.17) is 5.73 Å². The van der Waals surface area contributed by atoms with Crippen molar-refractivity contribution in [1.29, 1.82) is 0 Å². The number of hydrogen-bond acceptors (Lipinski definition) is 5. The van der Waals surface area contributed by atoms with Gasteiger partial charge in [-0.25, -0.2) is 4.39 Å². The predicted octanol–water partition coefficient (Wildman–Crippen LogP) is 2.77. The average molecular weight is 643 g/mol. The highest BCUT2D eigenvalue weighted by atomic mass is 19.1. The number of aromatic nitrogens is 1. The van der Waals surface area contributed by atoms with E-state index in [2.05, 4.69) is 38.8 Å². The maximum atomic E-state index is 13.9. The van der Waals surface area contributed by atoms with Gasteiger partial charge in [-0.15, -0.1) is 0 Å². The van der Waals surface area contributed by atoms with Crippen LogP contribution in [0.3, 0.4) is 0 Å². The quantitative estimate of drug-likeness (QED) is 0.284. The number of H-pyrrole nitrogens is 1. The molecule has 2 aromatic carbocycles. The Kier molecular flexibility index (Phi) is 9.18. The van der Waals surface area contributed by atoms with Crippen molar-refractivity contribution in [2.75, 3.05) is 26.7 Å². The molecule has 1 fully saturated rings. The van der Waals surface area contributed by atoms with Gasteiger partial charge < -0.3 is 26.3 Å². The average Bonchev–Trinajstić information content (AvgIpc) is 3.48. The number of nitrogens with zero attached hydrogens (tertiary/aromatic N) is 2. The molecular formula is C36H43FN6O4. The van der Waals surface area contributed by atoms with E-state index >= 15 is 0 Å². The third-order valence-electron chi connectivity index (χ3n) is 9.95. The molecule has 3 heterocycles. The first-order chi connectivity index (χ1) is 22.5. The number of carbonyl (C=O) groups excluding carboxylic acids is 4. The Morgan fingerprint density at radius 2 is 1.83 bits per heavy atom. The summed E-state index contributed by atoms with van der Waals surface area (Å²) in [6.45, 7) is 4.81. The van der Waals surface area contributed by atoms with Crippen molar-refractivity contribution in [1.82, 2.24) is 25.4 Å². The van der Waals surface area contributed by atoms with Crippen LogP contribution in [0.2, 0.25) is 0 Å². The molecule has 6 rings (SSSR count). The van der Waals surface area contributed by atoms with Gasteiger partial charge in [-0.3, -0.25) is 24.1 Å². The van der Waals surface area contributed by atoms with E-state index in [1.807, 2.05) is 33.0 Å². The summed E-state index contributed by atoms with van der Waals surface area (Å²) >= 11 is 0. The Bertz CT molecular complexity index is 1720. The number of carbonyl (C=O) groups is 4. The molecule has 1 saturated heterocycles. The normalized spacial score (nSPS) is 22.3. The van der Waals surface area contributed by atoms with E-state index in [-0.39, 0.29) is 36.7 Å². The van der Waals surface area contributed by atoms with Crippen molar-refractivity contribution in [2.24, 2.45) is 23.5 Å². The number of nitrogens with two attached hydrogens (primary N) is 1. The maximum absolute atomic E-state index is 13.9.